The number of nitrogens with zero attached hydrogens (tertiary/aromatic N) is 1. The van der Waals surface area contributed by atoms with Crippen LogP contribution in [0, 0.1) is 0 Å². The number of fused-ring (bicyclic) bond motifs is 2. The SMILES string of the molecule is CC1(CN2C3CCC2CC(N)C3)CCCO1. The number of piperidine rings is 1. The minimum Gasteiger partial charge on any atom is -0.374 e. The second kappa shape index (κ2) is 3.97. The third-order valence-electron chi connectivity index (χ3n) is 4.74. The van der Waals surface area contributed by atoms with E-state index in [0.29, 0.717) is 6.04 Å². The summed E-state index contributed by atoms with van der Waals surface area (Å²) in [4.78, 5) is 2.70. The second-order valence-electron chi connectivity index (χ2n) is 6.19. The number of rotatable bonds is 2. The highest BCUT2D eigenvalue weighted by Gasteiger charge is 2.43. The van der Waals surface area contributed by atoms with E-state index in [1.165, 1.54) is 38.5 Å². The standard InChI is InChI=1S/C13H24N2O/c1-13(5-2-6-16-13)9-15-11-3-4-12(15)8-10(14)7-11/h10-12H,2-9,14H2,1H3. The molecule has 0 aromatic carbocycles. The van der Waals surface area contributed by atoms with Crippen LogP contribution in [0.15, 0.2) is 0 Å². The fourth-order valence-electron chi connectivity index (χ4n) is 3.92. The summed E-state index contributed by atoms with van der Waals surface area (Å²) in [5.74, 6) is 0. The molecule has 2 N–H and O–H groups in total. The molecule has 0 aromatic rings. The van der Waals surface area contributed by atoms with Gasteiger partial charge in [-0.1, -0.05) is 0 Å². The van der Waals surface area contributed by atoms with Crippen LogP contribution in [0.2, 0.25) is 0 Å². The highest BCUT2D eigenvalue weighted by molar-refractivity contribution is 4.99. The highest BCUT2D eigenvalue weighted by atomic mass is 16.5. The lowest BCUT2D eigenvalue weighted by Gasteiger charge is -2.41. The molecule has 3 saturated heterocycles. The molecule has 92 valence electrons. The molecule has 16 heavy (non-hydrogen) atoms. The Hall–Kier alpha value is -0.120. The molecule has 3 nitrogen and oxygen atoms in total. The summed E-state index contributed by atoms with van der Waals surface area (Å²) in [5.41, 5.74) is 6.23. The van der Waals surface area contributed by atoms with E-state index in [1.54, 1.807) is 0 Å². The Labute approximate surface area is 98.3 Å². The monoisotopic (exact) mass is 224 g/mol. The Bertz CT molecular complexity index is 249. The molecule has 0 saturated carbocycles. The zero-order chi connectivity index (χ0) is 11.2. The molecule has 0 amide bonds. The van der Waals surface area contributed by atoms with E-state index in [9.17, 15) is 0 Å². The number of nitrogens with two attached hydrogens (primary N) is 1. The van der Waals surface area contributed by atoms with E-state index >= 15 is 0 Å². The molecule has 0 radical (unpaired) electrons. The third kappa shape index (κ3) is 1.89. The van der Waals surface area contributed by atoms with Gasteiger partial charge in [-0.2, -0.15) is 0 Å². The van der Waals surface area contributed by atoms with Crippen LogP contribution in [0.4, 0.5) is 0 Å². The number of hydrogen-bond acceptors (Lipinski definition) is 3. The maximum absolute atomic E-state index is 6.10. The van der Waals surface area contributed by atoms with Crippen LogP contribution in [-0.4, -0.2) is 41.8 Å². The van der Waals surface area contributed by atoms with Crippen molar-refractivity contribution in [3.8, 4) is 0 Å². The quantitative estimate of drug-likeness (QED) is 0.772. The molecule has 3 aliphatic rings. The summed E-state index contributed by atoms with van der Waals surface area (Å²) in [6, 6.07) is 1.94. The van der Waals surface area contributed by atoms with E-state index in [4.69, 9.17) is 10.5 Å². The summed E-state index contributed by atoms with van der Waals surface area (Å²) < 4.78 is 5.92. The molecule has 3 aliphatic heterocycles. The topological polar surface area (TPSA) is 38.5 Å². The van der Waals surface area contributed by atoms with E-state index < -0.39 is 0 Å². The van der Waals surface area contributed by atoms with Gasteiger partial charge in [0.15, 0.2) is 0 Å². The van der Waals surface area contributed by atoms with Crippen LogP contribution in [0.5, 0.6) is 0 Å². The maximum Gasteiger partial charge on any atom is 0.0781 e. The van der Waals surface area contributed by atoms with Crippen LogP contribution in [0.25, 0.3) is 0 Å². The fraction of sp³-hybridized carbons (Fsp3) is 1.00. The average Bonchev–Trinajstić information content (AvgIpc) is 2.72. The van der Waals surface area contributed by atoms with Gasteiger partial charge in [0.2, 0.25) is 0 Å². The van der Waals surface area contributed by atoms with Crippen LogP contribution >= 0.6 is 0 Å². The van der Waals surface area contributed by atoms with Gasteiger partial charge in [0, 0.05) is 31.3 Å². The predicted molar refractivity (Wildman–Crippen MR) is 64.3 cm³/mol. The first-order valence-electron chi connectivity index (χ1n) is 6.82. The Morgan fingerprint density at radius 1 is 1.31 bits per heavy atom. The first kappa shape index (κ1) is 11.0. The molecule has 0 aliphatic carbocycles. The molecule has 0 spiro atoms. The summed E-state index contributed by atoms with van der Waals surface area (Å²) in [7, 11) is 0. The van der Waals surface area contributed by atoms with Gasteiger partial charge in [0.1, 0.15) is 0 Å². The van der Waals surface area contributed by atoms with Crippen molar-refractivity contribution in [3.05, 3.63) is 0 Å². The summed E-state index contributed by atoms with van der Waals surface area (Å²) in [6.45, 7) is 4.38. The van der Waals surface area contributed by atoms with Crippen molar-refractivity contribution >= 4 is 0 Å². The molecular formula is C13H24N2O. The van der Waals surface area contributed by atoms with Gasteiger partial charge in [-0.05, 0) is 45.4 Å². The normalized spacial score (nSPS) is 48.8. The lowest BCUT2D eigenvalue weighted by atomic mass is 9.94. The molecule has 3 fully saturated rings. The minimum atomic E-state index is 0.127. The highest BCUT2D eigenvalue weighted by Crippen LogP contribution is 2.38. The zero-order valence-electron chi connectivity index (χ0n) is 10.3. The molecule has 3 atom stereocenters. The van der Waals surface area contributed by atoms with Crippen LogP contribution in [0.3, 0.4) is 0 Å². The maximum atomic E-state index is 6.10. The van der Waals surface area contributed by atoms with Crippen molar-refractivity contribution in [1.29, 1.82) is 0 Å². The summed E-state index contributed by atoms with van der Waals surface area (Å²) in [5, 5.41) is 0. The van der Waals surface area contributed by atoms with Gasteiger partial charge in [-0.25, -0.2) is 0 Å². The number of ether oxygens (including phenoxy) is 1. The van der Waals surface area contributed by atoms with Crippen LogP contribution in [-0.2, 0) is 4.74 Å². The van der Waals surface area contributed by atoms with Crippen LogP contribution in [0.1, 0.15) is 45.4 Å². The van der Waals surface area contributed by atoms with Crippen molar-refractivity contribution in [2.24, 2.45) is 5.73 Å². The first-order valence-corrected chi connectivity index (χ1v) is 6.82. The van der Waals surface area contributed by atoms with Gasteiger partial charge < -0.3 is 10.5 Å². The lowest BCUT2D eigenvalue weighted by Crippen LogP contribution is -2.52. The average molecular weight is 224 g/mol. The van der Waals surface area contributed by atoms with Crippen molar-refractivity contribution in [2.45, 2.75) is 69.2 Å². The molecule has 3 unspecified atom stereocenters. The van der Waals surface area contributed by atoms with E-state index in [0.717, 1.165) is 25.2 Å². The van der Waals surface area contributed by atoms with Crippen molar-refractivity contribution in [2.75, 3.05) is 13.2 Å². The minimum absolute atomic E-state index is 0.127. The van der Waals surface area contributed by atoms with Crippen LogP contribution < -0.4 is 5.73 Å². The zero-order valence-corrected chi connectivity index (χ0v) is 10.3. The molecule has 3 heterocycles. The van der Waals surface area contributed by atoms with E-state index in [1.807, 2.05) is 0 Å². The Morgan fingerprint density at radius 3 is 2.56 bits per heavy atom. The van der Waals surface area contributed by atoms with Crippen molar-refractivity contribution in [3.63, 3.8) is 0 Å². The van der Waals surface area contributed by atoms with E-state index in [2.05, 4.69) is 11.8 Å². The fourth-order valence-corrected chi connectivity index (χ4v) is 3.92. The Morgan fingerprint density at radius 2 is 2.00 bits per heavy atom. The van der Waals surface area contributed by atoms with Crippen molar-refractivity contribution in [1.82, 2.24) is 4.90 Å². The smallest absolute Gasteiger partial charge is 0.0781 e. The largest absolute Gasteiger partial charge is 0.374 e. The lowest BCUT2D eigenvalue weighted by molar-refractivity contribution is -0.0298. The second-order valence-corrected chi connectivity index (χ2v) is 6.19. The van der Waals surface area contributed by atoms with Gasteiger partial charge in [0.25, 0.3) is 0 Å². The van der Waals surface area contributed by atoms with Gasteiger partial charge in [-0.15, -0.1) is 0 Å². The predicted octanol–water partition coefficient (Wildman–Crippen LogP) is 1.51. The summed E-state index contributed by atoms with van der Waals surface area (Å²) in [6.07, 6.45) is 7.58. The van der Waals surface area contributed by atoms with Gasteiger partial charge in [-0.3, -0.25) is 4.90 Å². The third-order valence-corrected chi connectivity index (χ3v) is 4.74. The summed E-state index contributed by atoms with van der Waals surface area (Å²) >= 11 is 0. The van der Waals surface area contributed by atoms with E-state index in [-0.39, 0.29) is 5.60 Å². The number of hydrogen-bond donors (Lipinski definition) is 1. The van der Waals surface area contributed by atoms with Gasteiger partial charge in [0.05, 0.1) is 5.60 Å². The Balaban J connectivity index is 1.67. The van der Waals surface area contributed by atoms with Gasteiger partial charge >= 0.3 is 0 Å². The van der Waals surface area contributed by atoms with Crippen molar-refractivity contribution < 1.29 is 4.74 Å². The molecule has 0 aromatic heterocycles. The first-order chi connectivity index (χ1) is 7.66. The molecule has 3 rings (SSSR count). The molecule has 3 heteroatoms. The Kier molecular flexibility index (Phi) is 2.73. The molecular weight excluding hydrogens is 200 g/mol. The molecule has 2 bridgehead atoms.